The van der Waals surface area contributed by atoms with E-state index in [4.69, 9.17) is 4.74 Å². The number of rotatable bonds is 6. The van der Waals surface area contributed by atoms with Crippen LogP contribution in [0.5, 0.6) is 0 Å². The zero-order valence-corrected chi connectivity index (χ0v) is 16.3. The lowest BCUT2D eigenvalue weighted by Crippen LogP contribution is -2.45. The molecule has 0 aliphatic carbocycles. The number of ether oxygens (including phenoxy) is 1. The van der Waals surface area contributed by atoms with Crippen molar-refractivity contribution < 1.29 is 14.3 Å². The van der Waals surface area contributed by atoms with Gasteiger partial charge in [0.2, 0.25) is 11.8 Å². The van der Waals surface area contributed by atoms with Crippen LogP contribution >= 0.6 is 11.8 Å². The number of carbonyl (C=O) groups excluding carboxylic acids is 2. The molecular formula is C19H27N3O3S. The first-order valence-corrected chi connectivity index (χ1v) is 10.2. The molecule has 26 heavy (non-hydrogen) atoms. The Balaban J connectivity index is 1.55. The lowest BCUT2D eigenvalue weighted by Gasteiger charge is -2.35. The first kappa shape index (κ1) is 19.2. The Labute approximate surface area is 159 Å². The van der Waals surface area contributed by atoms with Crippen LogP contribution in [-0.2, 0) is 27.4 Å². The van der Waals surface area contributed by atoms with Crippen molar-refractivity contribution in [2.24, 2.45) is 0 Å². The number of amides is 2. The third kappa shape index (κ3) is 5.22. The van der Waals surface area contributed by atoms with Gasteiger partial charge >= 0.3 is 0 Å². The van der Waals surface area contributed by atoms with E-state index in [9.17, 15) is 9.59 Å². The van der Waals surface area contributed by atoms with Crippen LogP contribution in [0.3, 0.4) is 0 Å². The van der Waals surface area contributed by atoms with Gasteiger partial charge in [-0.3, -0.25) is 14.5 Å². The summed E-state index contributed by atoms with van der Waals surface area (Å²) >= 11 is 1.55. The molecule has 2 atom stereocenters. The molecule has 2 saturated heterocycles. The second-order valence-electron chi connectivity index (χ2n) is 7.07. The maximum Gasteiger partial charge on any atom is 0.239 e. The summed E-state index contributed by atoms with van der Waals surface area (Å²) in [4.78, 5) is 27.8. The lowest BCUT2D eigenvalue weighted by molar-refractivity contribution is -0.132. The SMILES string of the molecule is CC1CN(Cc2ccccc2CNC(=O)CN2CSCC2=O)CC(C)O1. The molecule has 1 aromatic carbocycles. The van der Waals surface area contributed by atoms with Gasteiger partial charge in [0.05, 0.1) is 23.8 Å². The van der Waals surface area contributed by atoms with Gasteiger partial charge in [-0.1, -0.05) is 24.3 Å². The number of nitrogens with one attached hydrogen (secondary N) is 1. The number of carbonyl (C=O) groups is 2. The predicted molar refractivity (Wildman–Crippen MR) is 103 cm³/mol. The van der Waals surface area contributed by atoms with Gasteiger partial charge in [0.25, 0.3) is 0 Å². The van der Waals surface area contributed by atoms with Gasteiger partial charge in [-0.2, -0.15) is 0 Å². The summed E-state index contributed by atoms with van der Waals surface area (Å²) in [5, 5.41) is 2.96. The highest BCUT2D eigenvalue weighted by atomic mass is 32.2. The zero-order chi connectivity index (χ0) is 18.5. The fourth-order valence-electron chi connectivity index (χ4n) is 3.50. The molecule has 2 aliphatic heterocycles. The monoisotopic (exact) mass is 377 g/mol. The molecule has 2 amide bonds. The van der Waals surface area contributed by atoms with Crippen molar-refractivity contribution in [1.29, 1.82) is 0 Å². The molecule has 0 aromatic heterocycles. The number of hydrogen-bond acceptors (Lipinski definition) is 5. The molecular weight excluding hydrogens is 350 g/mol. The van der Waals surface area contributed by atoms with E-state index in [-0.39, 0.29) is 30.6 Å². The van der Waals surface area contributed by atoms with Gasteiger partial charge in [0, 0.05) is 26.2 Å². The average molecular weight is 378 g/mol. The van der Waals surface area contributed by atoms with Gasteiger partial charge in [-0.05, 0) is 25.0 Å². The molecule has 7 heteroatoms. The highest BCUT2D eigenvalue weighted by Gasteiger charge is 2.24. The normalized spacial score (nSPS) is 24.1. The molecule has 6 nitrogen and oxygen atoms in total. The van der Waals surface area contributed by atoms with Crippen molar-refractivity contribution >= 4 is 23.6 Å². The van der Waals surface area contributed by atoms with Crippen molar-refractivity contribution in [3.63, 3.8) is 0 Å². The Hall–Kier alpha value is -1.57. The van der Waals surface area contributed by atoms with Crippen molar-refractivity contribution in [3.8, 4) is 0 Å². The summed E-state index contributed by atoms with van der Waals surface area (Å²) in [6.45, 7) is 7.52. The second kappa shape index (κ2) is 8.88. The maximum absolute atomic E-state index is 12.2. The van der Waals surface area contributed by atoms with E-state index in [1.54, 1.807) is 16.7 Å². The summed E-state index contributed by atoms with van der Waals surface area (Å²) in [6.07, 6.45) is 0.475. The van der Waals surface area contributed by atoms with Crippen molar-refractivity contribution in [3.05, 3.63) is 35.4 Å². The Morgan fingerprint density at radius 3 is 2.58 bits per heavy atom. The van der Waals surface area contributed by atoms with E-state index in [1.165, 1.54) is 5.56 Å². The van der Waals surface area contributed by atoms with Crippen LogP contribution in [0.15, 0.2) is 24.3 Å². The molecule has 1 N–H and O–H groups in total. The van der Waals surface area contributed by atoms with Crippen LogP contribution in [-0.4, -0.2) is 65.1 Å². The number of nitrogens with zero attached hydrogens (tertiary/aromatic N) is 2. The van der Waals surface area contributed by atoms with Crippen molar-refractivity contribution in [1.82, 2.24) is 15.1 Å². The molecule has 2 heterocycles. The fraction of sp³-hybridized carbons (Fsp3) is 0.579. The summed E-state index contributed by atoms with van der Waals surface area (Å²) in [5.74, 6) is 1.02. The van der Waals surface area contributed by atoms with Crippen molar-refractivity contribution in [2.45, 2.75) is 39.1 Å². The Morgan fingerprint density at radius 1 is 1.23 bits per heavy atom. The van der Waals surface area contributed by atoms with Crippen LogP contribution in [0.1, 0.15) is 25.0 Å². The summed E-state index contributed by atoms with van der Waals surface area (Å²) < 4.78 is 5.80. The average Bonchev–Trinajstić information content (AvgIpc) is 2.98. The molecule has 2 fully saturated rings. The van der Waals surface area contributed by atoms with Crippen LogP contribution in [0.2, 0.25) is 0 Å². The van der Waals surface area contributed by atoms with E-state index >= 15 is 0 Å². The first-order chi connectivity index (χ1) is 12.5. The maximum atomic E-state index is 12.2. The van der Waals surface area contributed by atoms with E-state index in [0.29, 0.717) is 18.2 Å². The van der Waals surface area contributed by atoms with Crippen molar-refractivity contribution in [2.75, 3.05) is 31.3 Å². The predicted octanol–water partition coefficient (Wildman–Crippen LogP) is 1.44. The fourth-order valence-corrected chi connectivity index (χ4v) is 4.41. The second-order valence-corrected chi connectivity index (χ2v) is 8.02. The Morgan fingerprint density at radius 2 is 1.92 bits per heavy atom. The molecule has 0 spiro atoms. The highest BCUT2D eigenvalue weighted by molar-refractivity contribution is 8.00. The van der Waals surface area contributed by atoms with Crippen LogP contribution in [0.4, 0.5) is 0 Å². The van der Waals surface area contributed by atoms with E-state index in [0.717, 1.165) is 25.2 Å². The molecule has 142 valence electrons. The van der Waals surface area contributed by atoms with Gasteiger partial charge in [0.1, 0.15) is 6.54 Å². The quantitative estimate of drug-likeness (QED) is 0.813. The number of benzene rings is 1. The molecule has 0 radical (unpaired) electrons. The van der Waals surface area contributed by atoms with Gasteiger partial charge < -0.3 is 15.0 Å². The van der Waals surface area contributed by atoms with Gasteiger partial charge in [-0.15, -0.1) is 11.8 Å². The molecule has 0 saturated carbocycles. The van der Waals surface area contributed by atoms with Crippen LogP contribution in [0.25, 0.3) is 0 Å². The minimum absolute atomic E-state index is 0.0427. The molecule has 3 rings (SSSR count). The third-order valence-electron chi connectivity index (χ3n) is 4.64. The van der Waals surface area contributed by atoms with Gasteiger partial charge in [-0.25, -0.2) is 0 Å². The van der Waals surface area contributed by atoms with E-state index in [2.05, 4.69) is 36.2 Å². The molecule has 2 unspecified atom stereocenters. The lowest BCUT2D eigenvalue weighted by atomic mass is 10.1. The topological polar surface area (TPSA) is 61.9 Å². The highest BCUT2D eigenvalue weighted by Crippen LogP contribution is 2.17. The molecule has 1 aromatic rings. The number of thioether (sulfide) groups is 1. The molecule has 0 bridgehead atoms. The minimum Gasteiger partial charge on any atom is -0.373 e. The smallest absolute Gasteiger partial charge is 0.239 e. The number of morpholine rings is 1. The summed E-state index contributed by atoms with van der Waals surface area (Å²) in [6, 6.07) is 8.21. The standard InChI is InChI=1S/C19H27N3O3S/c1-14-8-21(9-15(2)25-14)10-17-6-4-3-5-16(17)7-20-18(23)11-22-13-26-12-19(22)24/h3-6,14-15H,7-13H2,1-2H3,(H,20,23). The molecule has 2 aliphatic rings. The minimum atomic E-state index is -0.107. The summed E-state index contributed by atoms with van der Waals surface area (Å²) in [7, 11) is 0. The van der Waals surface area contributed by atoms with E-state index in [1.807, 2.05) is 12.1 Å². The van der Waals surface area contributed by atoms with Crippen LogP contribution in [0, 0.1) is 0 Å². The van der Waals surface area contributed by atoms with E-state index < -0.39 is 0 Å². The Kier molecular flexibility index (Phi) is 6.56. The van der Waals surface area contributed by atoms with Gasteiger partial charge in [0.15, 0.2) is 0 Å². The zero-order valence-electron chi connectivity index (χ0n) is 15.4. The number of hydrogen-bond donors (Lipinski definition) is 1. The summed E-state index contributed by atoms with van der Waals surface area (Å²) in [5.41, 5.74) is 2.34. The largest absolute Gasteiger partial charge is 0.373 e. The third-order valence-corrected chi connectivity index (χ3v) is 5.59. The first-order valence-electron chi connectivity index (χ1n) is 9.08. The Bertz CT molecular complexity index is 645. The van der Waals surface area contributed by atoms with Crippen LogP contribution < -0.4 is 5.32 Å².